The molecule has 0 N–H and O–H groups in total. The maximum Gasteiger partial charge on any atom is 0.256 e. The van der Waals surface area contributed by atoms with Gasteiger partial charge in [-0.25, -0.2) is 0 Å². The summed E-state index contributed by atoms with van der Waals surface area (Å²) in [5.41, 5.74) is 26.3. The lowest BCUT2D eigenvalue weighted by Gasteiger charge is -2.53. The smallest absolute Gasteiger partial charge is 0.256 e. The lowest BCUT2D eigenvalue weighted by molar-refractivity contribution is 0.487. The quantitative estimate of drug-likeness (QED) is 0.133. The van der Waals surface area contributed by atoms with E-state index in [4.69, 9.17) is 14.2 Å². The van der Waals surface area contributed by atoms with Crippen LogP contribution in [0.5, 0.6) is 34.5 Å². The monoisotopic (exact) mass is 1090 g/mol. The number of rotatable bonds is 9. The molecule has 0 fully saturated rings. The summed E-state index contributed by atoms with van der Waals surface area (Å²) in [5, 5.41) is 0. The van der Waals surface area contributed by atoms with Crippen molar-refractivity contribution in [2.24, 2.45) is 0 Å². The van der Waals surface area contributed by atoms with E-state index in [-0.39, 0.29) is 20.1 Å². The highest BCUT2D eigenvalue weighted by Crippen LogP contribution is 2.55. The highest BCUT2D eigenvalue weighted by molar-refractivity contribution is 7.07. The van der Waals surface area contributed by atoms with Gasteiger partial charge in [-0.05, 0) is 179 Å². The molecule has 0 bridgehead atoms. The van der Waals surface area contributed by atoms with Crippen molar-refractivity contribution in [2.75, 3.05) is 19.6 Å². The number of hydrogen-bond acceptors (Lipinski definition) is 7. The number of benzene rings is 12. The van der Waals surface area contributed by atoms with E-state index >= 15 is 0 Å². The molecule has 85 heavy (non-hydrogen) atoms. The number of aryl methyl sites for hydroxylation is 3. The maximum absolute atomic E-state index is 7.72. The number of para-hydroxylation sites is 6. The molecule has 0 atom stereocenters. The van der Waals surface area contributed by atoms with Crippen molar-refractivity contribution in [3.8, 4) is 34.5 Å². The fourth-order valence-electron chi connectivity index (χ4n) is 14.9. The minimum atomic E-state index is -0.283. The highest BCUT2D eigenvalue weighted by Gasteiger charge is 2.58. The van der Waals surface area contributed by atoms with E-state index in [0.29, 0.717) is 0 Å². The van der Waals surface area contributed by atoms with Crippen LogP contribution in [0.4, 0.5) is 68.2 Å². The van der Waals surface area contributed by atoms with Crippen LogP contribution >= 0.6 is 0 Å². The van der Waals surface area contributed by atoms with Gasteiger partial charge >= 0.3 is 0 Å². The van der Waals surface area contributed by atoms with Crippen molar-refractivity contribution >= 4 is 138 Å². The summed E-state index contributed by atoms with van der Waals surface area (Å²) >= 11 is 0. The Morgan fingerprint density at radius 1 is 0.271 bits per heavy atom. The Balaban J connectivity index is 1.06. The van der Waals surface area contributed by atoms with Crippen LogP contribution in [0, 0.1) is 20.8 Å². The summed E-state index contributed by atoms with van der Waals surface area (Å²) in [5.74, 6) is 5.02. The van der Waals surface area contributed by atoms with Gasteiger partial charge in [-0.15, -0.1) is 0 Å². The molecule has 18 rings (SSSR count). The Bertz CT molecular complexity index is 4170. The summed E-state index contributed by atoms with van der Waals surface area (Å²) in [6.45, 7) is 5.77. The third kappa shape index (κ3) is 6.94. The first-order chi connectivity index (χ1) is 41.9. The molecule has 0 radical (unpaired) electrons. The molecule has 10 heteroatoms. The van der Waals surface area contributed by atoms with E-state index < -0.39 is 0 Å². The fraction of sp³-hybridized carbons (Fsp3) is 0.0400. The van der Waals surface area contributed by atoms with Crippen molar-refractivity contribution in [1.82, 2.24) is 0 Å². The maximum atomic E-state index is 7.72. The van der Waals surface area contributed by atoms with Gasteiger partial charge in [0.1, 0.15) is 34.5 Å². The lowest BCUT2D eigenvalue weighted by atomic mass is 9.25. The van der Waals surface area contributed by atoms with Crippen LogP contribution in [-0.2, 0) is 0 Å². The normalized spacial score (nSPS) is 13.3. The third-order valence-corrected chi connectivity index (χ3v) is 18.2. The molecule has 6 heterocycles. The summed E-state index contributed by atoms with van der Waals surface area (Å²) in [7, 11) is 0. The Morgan fingerprint density at radius 2 is 0.506 bits per heavy atom. The van der Waals surface area contributed by atoms with E-state index in [1.165, 1.54) is 33.1 Å². The van der Waals surface area contributed by atoms with Crippen LogP contribution < -0.4 is 83.0 Å². The molecule has 7 nitrogen and oxygen atoms in total. The molecule has 12 aromatic carbocycles. The van der Waals surface area contributed by atoms with Crippen molar-refractivity contribution in [1.29, 1.82) is 0 Å². The number of nitrogens with zero attached hydrogens (tertiary/aromatic N) is 4. The molecular weight excluding hydrogens is 1040 g/mol. The zero-order chi connectivity index (χ0) is 56.2. The average Bonchev–Trinajstić information content (AvgIpc) is 0.695. The third-order valence-electron chi connectivity index (χ3n) is 18.2. The van der Waals surface area contributed by atoms with E-state index in [1.54, 1.807) is 0 Å². The predicted octanol–water partition coefficient (Wildman–Crippen LogP) is 13.3. The lowest BCUT2D eigenvalue weighted by Crippen LogP contribution is -2.73. The van der Waals surface area contributed by atoms with Gasteiger partial charge in [-0.3, -0.25) is 0 Å². The zero-order valence-electron chi connectivity index (χ0n) is 47.0. The Kier molecular flexibility index (Phi) is 10.3. The molecule has 0 spiro atoms. The van der Waals surface area contributed by atoms with Crippen molar-refractivity contribution < 1.29 is 14.2 Å². The number of ether oxygens (including phenoxy) is 3. The van der Waals surface area contributed by atoms with E-state index in [1.807, 2.05) is 0 Å². The molecule has 6 aliphatic rings. The molecule has 0 aromatic heterocycles. The number of fused-ring (bicyclic) bond motifs is 9. The predicted molar refractivity (Wildman–Crippen MR) is 353 cm³/mol. The van der Waals surface area contributed by atoms with Gasteiger partial charge in [0.15, 0.2) is 0 Å². The minimum Gasteiger partial charge on any atom is -0.456 e. The molecule has 0 aliphatic carbocycles. The van der Waals surface area contributed by atoms with E-state index in [9.17, 15) is 0 Å². The van der Waals surface area contributed by atoms with Crippen molar-refractivity contribution in [3.05, 3.63) is 271 Å². The van der Waals surface area contributed by atoms with Crippen LogP contribution in [0.15, 0.2) is 255 Å². The van der Waals surface area contributed by atoms with E-state index in [0.717, 1.165) is 136 Å². The molecule has 0 saturated heterocycles. The van der Waals surface area contributed by atoms with Crippen LogP contribution in [0.1, 0.15) is 16.7 Å². The van der Waals surface area contributed by atoms with Crippen LogP contribution in [0.3, 0.4) is 0 Å². The van der Waals surface area contributed by atoms with Gasteiger partial charge in [-0.1, -0.05) is 162 Å². The van der Waals surface area contributed by atoms with Gasteiger partial charge in [0.25, 0.3) is 20.1 Å². The molecule has 398 valence electrons. The van der Waals surface area contributed by atoms with Crippen LogP contribution in [-0.4, -0.2) is 20.1 Å². The molecular formula is C75H51B3N4O3. The second kappa shape index (κ2) is 18.2. The first-order valence-corrected chi connectivity index (χ1v) is 29.4. The fourth-order valence-corrected chi connectivity index (χ4v) is 14.9. The first-order valence-electron chi connectivity index (χ1n) is 29.4. The molecule has 12 aromatic rings. The zero-order valence-corrected chi connectivity index (χ0v) is 47.0. The van der Waals surface area contributed by atoms with Gasteiger partial charge in [0.2, 0.25) is 0 Å². The van der Waals surface area contributed by atoms with Gasteiger partial charge in [-0.2, -0.15) is 0 Å². The van der Waals surface area contributed by atoms with Gasteiger partial charge in [0.05, 0.1) is 17.1 Å². The highest BCUT2D eigenvalue weighted by atomic mass is 16.5. The van der Waals surface area contributed by atoms with Gasteiger partial charge < -0.3 is 33.8 Å². The summed E-state index contributed by atoms with van der Waals surface area (Å²) in [4.78, 5) is 9.87. The standard InChI is InChI=1S/C75H51B3N4O3/c1-46-34-37-64-55(40-46)76-58-43-61(79(49-22-10-4-11-23-49)50-24-12-5-13-25-50)74-68-70(58)82-71-59(44-62(73(83-64)67(71)76)80(51-26-14-6-15-27-51)52-28-16-7-17-29-52)77-56-41-47(2)35-38-65(56)85-75-63(81(53-30-18-8-19-31-53)54-32-20-9-21-33-54)45-60(72(82)69(75)77)78(68)57-42-48(3)36-39-66(57)84-74/h4-45H,1-3H3. The second-order valence-corrected chi connectivity index (χ2v) is 23.3. The molecule has 6 aliphatic heterocycles. The minimum absolute atomic E-state index is 0.283. The summed E-state index contributed by atoms with van der Waals surface area (Å²) in [6.07, 6.45) is 0. The van der Waals surface area contributed by atoms with Crippen LogP contribution in [0.25, 0.3) is 0 Å². The largest absolute Gasteiger partial charge is 0.456 e. The first kappa shape index (κ1) is 48.0. The SMILES string of the molecule is Cc1ccc2c(c1)B1c3cc(N(c4ccccc4)c4ccccc4)c4c5c3N3c6c(cc(N(c7ccccc7)c7ccccc7)c(c61)O2)B1c2cc(C)ccc2Oc2c(N(c6ccccc6)c6ccccc6)cc(c3c21)B5c1cc(C)ccc1O4. The van der Waals surface area contributed by atoms with E-state index in [2.05, 4.69) is 295 Å². The van der Waals surface area contributed by atoms with Gasteiger partial charge in [0, 0.05) is 51.2 Å². The topological polar surface area (TPSA) is 40.7 Å². The summed E-state index contributed by atoms with van der Waals surface area (Å²) in [6, 6.07) is 92.4. The Morgan fingerprint density at radius 3 is 0.741 bits per heavy atom. The molecule has 0 amide bonds. The number of anilines is 12. The second-order valence-electron chi connectivity index (χ2n) is 23.3. The van der Waals surface area contributed by atoms with Crippen molar-refractivity contribution in [2.45, 2.75) is 20.8 Å². The molecule has 0 unspecified atom stereocenters. The van der Waals surface area contributed by atoms with Crippen molar-refractivity contribution in [3.63, 3.8) is 0 Å². The Hall–Kier alpha value is -10.6. The molecule has 0 saturated carbocycles. The number of hydrogen-bond donors (Lipinski definition) is 0. The average molecular weight is 1090 g/mol. The summed E-state index contributed by atoms with van der Waals surface area (Å²) < 4.78 is 23.1. The van der Waals surface area contributed by atoms with Crippen LogP contribution in [0.2, 0.25) is 0 Å². The Labute approximate surface area is 495 Å².